The quantitative estimate of drug-likeness (QED) is 0.710. The lowest BCUT2D eigenvalue weighted by molar-refractivity contribution is 0.384. The topological polar surface area (TPSA) is 29.9 Å². The van der Waals surface area contributed by atoms with Gasteiger partial charge in [-0.25, -0.2) is 4.98 Å². The molecule has 0 atom stereocenters. The van der Waals surface area contributed by atoms with Gasteiger partial charge in [0.05, 0.1) is 6.20 Å². The van der Waals surface area contributed by atoms with E-state index in [1.165, 1.54) is 37.3 Å². The second-order valence-electron chi connectivity index (χ2n) is 4.06. The lowest BCUT2D eigenvalue weighted by atomic mass is 9.85. The zero-order valence-corrected chi connectivity index (χ0v) is 7.79. The molecule has 2 heterocycles. The Hall–Kier alpha value is -0.990. The summed E-state index contributed by atoms with van der Waals surface area (Å²) in [6.07, 6.45) is 7.31. The summed E-state index contributed by atoms with van der Waals surface area (Å²) in [6, 6.07) is 0. The van der Waals surface area contributed by atoms with Crippen molar-refractivity contribution < 1.29 is 0 Å². The van der Waals surface area contributed by atoms with Gasteiger partial charge in [0.2, 0.25) is 0 Å². The van der Waals surface area contributed by atoms with Gasteiger partial charge in [-0.3, -0.25) is 0 Å². The molecule has 0 radical (unpaired) electrons. The zero-order chi connectivity index (χ0) is 8.67. The van der Waals surface area contributed by atoms with E-state index in [2.05, 4.69) is 14.9 Å². The molecule has 1 aliphatic heterocycles. The number of nitrogens with zero attached hydrogens (tertiary/aromatic N) is 2. The fourth-order valence-corrected chi connectivity index (χ4v) is 2.21. The van der Waals surface area contributed by atoms with Gasteiger partial charge in [0.25, 0.3) is 0 Å². The van der Waals surface area contributed by atoms with Crippen LogP contribution in [0.15, 0.2) is 6.20 Å². The smallest absolute Gasteiger partial charge is 0.126 e. The van der Waals surface area contributed by atoms with E-state index in [0.29, 0.717) is 0 Å². The number of anilines is 1. The molecule has 0 aromatic carbocycles. The highest BCUT2D eigenvalue weighted by Crippen LogP contribution is 2.37. The van der Waals surface area contributed by atoms with Gasteiger partial charge in [-0.2, -0.15) is 0 Å². The van der Waals surface area contributed by atoms with Crippen molar-refractivity contribution >= 4 is 5.82 Å². The third kappa shape index (κ3) is 1.06. The van der Waals surface area contributed by atoms with E-state index < -0.39 is 0 Å². The molecular weight excluding hydrogens is 162 g/mol. The summed E-state index contributed by atoms with van der Waals surface area (Å²) in [7, 11) is 0. The van der Waals surface area contributed by atoms with Crippen LogP contribution in [0.2, 0.25) is 0 Å². The predicted octanol–water partition coefficient (Wildman–Crippen LogP) is 1.97. The molecule has 13 heavy (non-hydrogen) atoms. The Morgan fingerprint density at radius 3 is 3.08 bits per heavy atom. The maximum absolute atomic E-state index is 4.52. The van der Waals surface area contributed by atoms with Crippen LogP contribution in [0.3, 0.4) is 0 Å². The SMILES string of the molecule is c1nc(C2CCC2)n2c1NCCC2. The number of hydrogen-bond donors (Lipinski definition) is 1. The summed E-state index contributed by atoms with van der Waals surface area (Å²) in [5.41, 5.74) is 0. The fourth-order valence-electron chi connectivity index (χ4n) is 2.21. The Balaban J connectivity index is 1.95. The van der Waals surface area contributed by atoms with E-state index >= 15 is 0 Å². The van der Waals surface area contributed by atoms with Crippen molar-refractivity contribution in [3.63, 3.8) is 0 Å². The minimum atomic E-state index is 0.758. The van der Waals surface area contributed by atoms with Crippen LogP contribution < -0.4 is 5.32 Å². The van der Waals surface area contributed by atoms with E-state index in [9.17, 15) is 0 Å². The Labute approximate surface area is 78.2 Å². The molecule has 3 rings (SSSR count). The Kier molecular flexibility index (Phi) is 1.57. The first-order chi connectivity index (χ1) is 6.45. The molecule has 1 saturated carbocycles. The van der Waals surface area contributed by atoms with Crippen LogP contribution in [0.5, 0.6) is 0 Å². The molecular formula is C10H15N3. The first kappa shape index (κ1) is 7.42. The number of fused-ring (bicyclic) bond motifs is 1. The lowest BCUT2D eigenvalue weighted by Gasteiger charge is -2.27. The third-order valence-corrected chi connectivity index (χ3v) is 3.22. The van der Waals surface area contributed by atoms with Crippen molar-refractivity contribution in [3.8, 4) is 0 Å². The van der Waals surface area contributed by atoms with Gasteiger partial charge >= 0.3 is 0 Å². The number of nitrogens with one attached hydrogen (secondary N) is 1. The molecule has 2 aliphatic rings. The first-order valence-electron chi connectivity index (χ1n) is 5.24. The maximum atomic E-state index is 4.52. The van der Waals surface area contributed by atoms with E-state index in [0.717, 1.165) is 19.0 Å². The van der Waals surface area contributed by atoms with Crippen LogP contribution in [0, 0.1) is 0 Å². The lowest BCUT2D eigenvalue weighted by Crippen LogP contribution is -2.21. The summed E-state index contributed by atoms with van der Waals surface area (Å²) in [4.78, 5) is 4.52. The van der Waals surface area contributed by atoms with Gasteiger partial charge in [-0.15, -0.1) is 0 Å². The molecule has 0 bridgehead atoms. The van der Waals surface area contributed by atoms with Gasteiger partial charge in [-0.1, -0.05) is 6.42 Å². The van der Waals surface area contributed by atoms with Crippen molar-refractivity contribution in [3.05, 3.63) is 12.0 Å². The van der Waals surface area contributed by atoms with Crippen LogP contribution in [-0.2, 0) is 6.54 Å². The Morgan fingerprint density at radius 2 is 2.31 bits per heavy atom. The number of hydrogen-bond acceptors (Lipinski definition) is 2. The monoisotopic (exact) mass is 177 g/mol. The van der Waals surface area contributed by atoms with Crippen molar-refractivity contribution in [2.75, 3.05) is 11.9 Å². The van der Waals surface area contributed by atoms with Gasteiger partial charge < -0.3 is 9.88 Å². The largest absolute Gasteiger partial charge is 0.370 e. The average molecular weight is 177 g/mol. The maximum Gasteiger partial charge on any atom is 0.126 e. The molecule has 1 fully saturated rings. The Morgan fingerprint density at radius 1 is 1.38 bits per heavy atom. The van der Waals surface area contributed by atoms with Crippen molar-refractivity contribution in [2.45, 2.75) is 38.1 Å². The molecule has 3 nitrogen and oxygen atoms in total. The minimum absolute atomic E-state index is 0.758. The molecule has 0 unspecified atom stereocenters. The van der Waals surface area contributed by atoms with E-state index in [-0.39, 0.29) is 0 Å². The van der Waals surface area contributed by atoms with Gasteiger partial charge in [0.1, 0.15) is 11.6 Å². The van der Waals surface area contributed by atoms with Gasteiger partial charge in [0.15, 0.2) is 0 Å². The minimum Gasteiger partial charge on any atom is -0.370 e. The first-order valence-corrected chi connectivity index (χ1v) is 5.24. The van der Waals surface area contributed by atoms with Crippen molar-refractivity contribution in [1.29, 1.82) is 0 Å². The summed E-state index contributed by atoms with van der Waals surface area (Å²) < 4.78 is 2.37. The molecule has 0 amide bonds. The van der Waals surface area contributed by atoms with Crippen LogP contribution in [0.25, 0.3) is 0 Å². The second-order valence-corrected chi connectivity index (χ2v) is 4.06. The molecule has 0 spiro atoms. The standard InChI is InChI=1S/C10H15N3/c1-3-8(4-1)10-12-7-9-11-5-2-6-13(9)10/h7-8,11H,1-6H2. The van der Waals surface area contributed by atoms with Crippen LogP contribution in [-0.4, -0.2) is 16.1 Å². The fraction of sp³-hybridized carbons (Fsp3) is 0.700. The molecule has 3 heteroatoms. The highest BCUT2D eigenvalue weighted by Gasteiger charge is 2.25. The predicted molar refractivity (Wildman–Crippen MR) is 51.9 cm³/mol. The van der Waals surface area contributed by atoms with Crippen LogP contribution >= 0.6 is 0 Å². The summed E-state index contributed by atoms with van der Waals surface area (Å²) in [5.74, 6) is 3.32. The van der Waals surface area contributed by atoms with E-state index in [1.807, 2.05) is 6.20 Å². The molecule has 1 N–H and O–H groups in total. The van der Waals surface area contributed by atoms with Crippen molar-refractivity contribution in [1.82, 2.24) is 9.55 Å². The number of aromatic nitrogens is 2. The molecule has 1 aromatic heterocycles. The zero-order valence-electron chi connectivity index (χ0n) is 7.79. The van der Waals surface area contributed by atoms with Crippen molar-refractivity contribution in [2.24, 2.45) is 0 Å². The van der Waals surface area contributed by atoms with E-state index in [1.54, 1.807) is 0 Å². The summed E-state index contributed by atoms with van der Waals surface area (Å²) >= 11 is 0. The summed E-state index contributed by atoms with van der Waals surface area (Å²) in [5, 5.41) is 3.39. The average Bonchev–Trinajstić information content (AvgIpc) is 2.47. The molecule has 1 aliphatic carbocycles. The highest BCUT2D eigenvalue weighted by molar-refractivity contribution is 5.37. The van der Waals surface area contributed by atoms with Crippen LogP contribution in [0.4, 0.5) is 5.82 Å². The van der Waals surface area contributed by atoms with Gasteiger partial charge in [-0.05, 0) is 19.3 Å². The third-order valence-electron chi connectivity index (χ3n) is 3.22. The number of rotatable bonds is 1. The summed E-state index contributed by atoms with van der Waals surface area (Å²) in [6.45, 7) is 2.27. The van der Waals surface area contributed by atoms with E-state index in [4.69, 9.17) is 0 Å². The molecule has 1 aromatic rings. The normalized spacial score (nSPS) is 21.8. The molecule has 0 saturated heterocycles. The number of imidazole rings is 1. The highest BCUT2D eigenvalue weighted by atomic mass is 15.2. The van der Waals surface area contributed by atoms with Crippen LogP contribution in [0.1, 0.15) is 37.4 Å². The van der Waals surface area contributed by atoms with Gasteiger partial charge in [0, 0.05) is 19.0 Å². The Bertz CT molecular complexity index is 312. The molecule has 70 valence electrons. The second kappa shape index (κ2) is 2.76.